The molecule has 1 aromatic carbocycles. The van der Waals surface area contributed by atoms with Crippen molar-refractivity contribution in [3.63, 3.8) is 0 Å². The third kappa shape index (κ3) is 6.85. The smallest absolute Gasteiger partial charge is 0.252 e. The molecule has 0 spiro atoms. The van der Waals surface area contributed by atoms with Crippen LogP contribution >= 0.6 is 0 Å². The van der Waals surface area contributed by atoms with Gasteiger partial charge in [0.05, 0.1) is 10.5 Å². The van der Waals surface area contributed by atoms with Gasteiger partial charge in [0.25, 0.3) is 5.91 Å². The minimum Gasteiger partial charge on any atom is -0.352 e. The Labute approximate surface area is 160 Å². The molecule has 142 valence electrons. The first kappa shape index (κ1) is 20.6. The molecular weight excluding hydrogens is 362 g/mol. The van der Waals surface area contributed by atoms with E-state index < -0.39 is 10.0 Å². The van der Waals surface area contributed by atoms with E-state index in [0.29, 0.717) is 18.5 Å². The first-order valence-corrected chi connectivity index (χ1v) is 10.3. The van der Waals surface area contributed by atoms with Crippen molar-refractivity contribution >= 4 is 15.9 Å². The summed E-state index contributed by atoms with van der Waals surface area (Å²) in [5.74, 6) is 5.88. The molecule has 6 nitrogen and oxygen atoms in total. The zero-order valence-corrected chi connectivity index (χ0v) is 16.1. The number of hydrogen-bond donors (Lipinski definition) is 2. The molecule has 0 bridgehead atoms. The van der Waals surface area contributed by atoms with Gasteiger partial charge in [-0.05, 0) is 36.6 Å². The lowest BCUT2D eigenvalue weighted by Gasteiger charge is -2.06. The van der Waals surface area contributed by atoms with Gasteiger partial charge in [-0.2, -0.15) is 0 Å². The number of nitrogens with zero attached hydrogens (tertiary/aromatic N) is 1. The summed E-state index contributed by atoms with van der Waals surface area (Å²) in [7, 11) is -3.69. The lowest BCUT2D eigenvalue weighted by atomic mass is 10.1. The number of nitrogens with one attached hydrogen (secondary N) is 1. The summed E-state index contributed by atoms with van der Waals surface area (Å²) in [6.45, 7) is 2.53. The van der Waals surface area contributed by atoms with E-state index in [1.165, 1.54) is 18.3 Å². The van der Waals surface area contributed by atoms with Gasteiger partial charge in [0, 0.05) is 30.9 Å². The average molecular weight is 385 g/mol. The first-order valence-electron chi connectivity index (χ1n) is 8.74. The van der Waals surface area contributed by atoms with Crippen LogP contribution in [0.1, 0.15) is 47.7 Å². The van der Waals surface area contributed by atoms with Gasteiger partial charge < -0.3 is 5.32 Å². The maximum absolute atomic E-state index is 12.3. The lowest BCUT2D eigenvalue weighted by Crippen LogP contribution is -2.25. The summed E-state index contributed by atoms with van der Waals surface area (Å²) in [6, 6.07) is 8.00. The number of rotatable bonds is 7. The van der Waals surface area contributed by atoms with E-state index in [1.807, 2.05) is 0 Å². The molecule has 0 radical (unpaired) electrons. The fourth-order valence-corrected chi connectivity index (χ4v) is 2.85. The van der Waals surface area contributed by atoms with Crippen LogP contribution in [0.4, 0.5) is 0 Å². The van der Waals surface area contributed by atoms with Gasteiger partial charge in [-0.15, -0.1) is 0 Å². The van der Waals surface area contributed by atoms with Crippen molar-refractivity contribution in [3.05, 3.63) is 59.4 Å². The second-order valence-corrected chi connectivity index (χ2v) is 7.62. The highest BCUT2D eigenvalue weighted by molar-refractivity contribution is 7.89. The highest BCUT2D eigenvalue weighted by Gasteiger charge is 2.08. The van der Waals surface area contributed by atoms with Crippen LogP contribution in [0.25, 0.3) is 0 Å². The summed E-state index contributed by atoms with van der Waals surface area (Å²) < 4.78 is 22.5. The lowest BCUT2D eigenvalue weighted by molar-refractivity contribution is 0.0953. The van der Waals surface area contributed by atoms with Gasteiger partial charge in [-0.1, -0.05) is 37.3 Å². The van der Waals surface area contributed by atoms with Gasteiger partial charge in [0.15, 0.2) is 0 Å². The summed E-state index contributed by atoms with van der Waals surface area (Å²) in [4.78, 5) is 16.4. The number of hydrogen-bond acceptors (Lipinski definition) is 4. The molecule has 0 aliphatic rings. The van der Waals surface area contributed by atoms with E-state index in [9.17, 15) is 13.2 Å². The molecule has 0 unspecified atom stereocenters. The van der Waals surface area contributed by atoms with Crippen molar-refractivity contribution in [1.29, 1.82) is 0 Å². The van der Waals surface area contributed by atoms with Crippen molar-refractivity contribution in [2.24, 2.45) is 5.14 Å². The van der Waals surface area contributed by atoms with Crippen LogP contribution in [0.5, 0.6) is 0 Å². The van der Waals surface area contributed by atoms with Gasteiger partial charge in [-0.25, -0.2) is 13.6 Å². The van der Waals surface area contributed by atoms with Gasteiger partial charge in [0.2, 0.25) is 10.0 Å². The minimum absolute atomic E-state index is 0.0678. The predicted molar refractivity (Wildman–Crippen MR) is 104 cm³/mol. The molecule has 0 fully saturated rings. The molecule has 0 aliphatic heterocycles. The Hall–Kier alpha value is -2.69. The van der Waals surface area contributed by atoms with Gasteiger partial charge in [0.1, 0.15) is 0 Å². The van der Waals surface area contributed by atoms with Gasteiger partial charge in [-0.3, -0.25) is 9.78 Å². The molecule has 0 atom stereocenters. The number of amides is 1. The molecule has 1 aromatic heterocycles. The predicted octanol–water partition coefficient (Wildman–Crippen LogP) is 2.24. The number of sulfonamides is 1. The summed E-state index contributed by atoms with van der Waals surface area (Å²) in [5.41, 5.74) is 2.08. The van der Waals surface area contributed by atoms with E-state index in [-0.39, 0.29) is 10.8 Å². The standard InChI is InChI=1S/C20H23N3O3S/c1-2-3-4-5-6-17-13-18(15-22-14-17)20(24)23-12-11-16-7-9-19(10-8-16)27(21,25)26/h7-10,13-15H,2-4,11-12H2,1H3,(H,23,24)(H2,21,25,26). The Balaban J connectivity index is 1.89. The second kappa shape index (κ2) is 9.86. The van der Waals surface area contributed by atoms with E-state index in [2.05, 4.69) is 29.1 Å². The molecule has 1 heterocycles. The molecule has 1 amide bonds. The Morgan fingerprint density at radius 3 is 2.63 bits per heavy atom. The number of aromatic nitrogens is 1. The number of carbonyl (C=O) groups is 1. The third-order valence-electron chi connectivity index (χ3n) is 3.84. The molecule has 7 heteroatoms. The number of pyridine rings is 1. The van der Waals surface area contributed by atoms with Crippen LogP contribution < -0.4 is 10.5 Å². The van der Waals surface area contributed by atoms with E-state index >= 15 is 0 Å². The molecule has 27 heavy (non-hydrogen) atoms. The second-order valence-electron chi connectivity index (χ2n) is 6.06. The molecule has 3 N–H and O–H groups in total. The molecule has 2 aromatic rings. The molecule has 2 rings (SSSR count). The fourth-order valence-electron chi connectivity index (χ4n) is 2.33. The number of nitrogens with two attached hydrogens (primary N) is 1. The number of primary sulfonamides is 1. The highest BCUT2D eigenvalue weighted by atomic mass is 32.2. The van der Waals surface area contributed by atoms with Crippen LogP contribution in [0.2, 0.25) is 0 Å². The Kier molecular flexibility index (Phi) is 7.53. The molecule has 0 saturated carbocycles. The van der Waals surface area contributed by atoms with Crippen LogP contribution in [0, 0.1) is 11.8 Å². The summed E-state index contributed by atoms with van der Waals surface area (Å²) in [6.07, 6.45) is 6.70. The largest absolute Gasteiger partial charge is 0.352 e. The van der Waals surface area contributed by atoms with E-state index in [1.54, 1.807) is 24.4 Å². The zero-order valence-electron chi connectivity index (χ0n) is 15.2. The Bertz CT molecular complexity index is 942. The van der Waals surface area contributed by atoms with E-state index in [4.69, 9.17) is 5.14 Å². The van der Waals surface area contributed by atoms with Crippen LogP contribution in [0.15, 0.2) is 47.6 Å². The molecule has 0 saturated heterocycles. The van der Waals surface area contributed by atoms with Crippen molar-refractivity contribution in [3.8, 4) is 11.8 Å². The number of carbonyl (C=O) groups excluding carboxylic acids is 1. The minimum atomic E-state index is -3.69. The SMILES string of the molecule is CCCCC#Cc1cncc(C(=O)NCCc2ccc(S(N)(=O)=O)cc2)c1. The topological polar surface area (TPSA) is 102 Å². The van der Waals surface area contributed by atoms with Crippen molar-refractivity contribution < 1.29 is 13.2 Å². The summed E-state index contributed by atoms with van der Waals surface area (Å²) >= 11 is 0. The molecular formula is C20H23N3O3S. The quantitative estimate of drug-likeness (QED) is 0.564. The van der Waals surface area contributed by atoms with Crippen molar-refractivity contribution in [2.45, 2.75) is 37.5 Å². The van der Waals surface area contributed by atoms with Crippen LogP contribution in [-0.2, 0) is 16.4 Å². The zero-order chi connectivity index (χ0) is 19.7. The number of unbranched alkanes of at least 4 members (excludes halogenated alkanes) is 2. The molecule has 0 aliphatic carbocycles. The van der Waals surface area contributed by atoms with Crippen LogP contribution in [0.3, 0.4) is 0 Å². The third-order valence-corrected chi connectivity index (χ3v) is 4.77. The normalized spacial score (nSPS) is 10.7. The monoisotopic (exact) mass is 385 g/mol. The van der Waals surface area contributed by atoms with E-state index in [0.717, 1.165) is 30.4 Å². The average Bonchev–Trinajstić information content (AvgIpc) is 2.65. The summed E-state index contributed by atoms with van der Waals surface area (Å²) in [5, 5.41) is 7.89. The van der Waals surface area contributed by atoms with Crippen LogP contribution in [-0.4, -0.2) is 25.9 Å². The van der Waals surface area contributed by atoms with Crippen molar-refractivity contribution in [1.82, 2.24) is 10.3 Å². The fraction of sp³-hybridized carbons (Fsp3) is 0.300. The first-order chi connectivity index (χ1) is 12.9. The maximum Gasteiger partial charge on any atom is 0.252 e. The van der Waals surface area contributed by atoms with Crippen molar-refractivity contribution in [2.75, 3.05) is 6.54 Å². The van der Waals surface area contributed by atoms with Gasteiger partial charge >= 0.3 is 0 Å². The highest BCUT2D eigenvalue weighted by Crippen LogP contribution is 2.09. The Morgan fingerprint density at radius 2 is 1.96 bits per heavy atom. The number of benzene rings is 1. The Morgan fingerprint density at radius 1 is 1.22 bits per heavy atom. The maximum atomic E-state index is 12.3.